The minimum absolute atomic E-state index is 0.901. The van der Waals surface area contributed by atoms with Crippen LogP contribution in [0, 0.1) is 0 Å². The van der Waals surface area contributed by atoms with Crippen LogP contribution < -0.4 is 0 Å². The quantitative estimate of drug-likeness (QED) is 0.702. The van der Waals surface area contributed by atoms with Gasteiger partial charge in [0.15, 0.2) is 0 Å². The number of rotatable bonds is 2. The highest BCUT2D eigenvalue weighted by Crippen LogP contribution is 2.16. The van der Waals surface area contributed by atoms with Crippen LogP contribution in [-0.4, -0.2) is 9.38 Å². The molecule has 0 aliphatic heterocycles. The molecule has 0 N–H and O–H groups in total. The van der Waals surface area contributed by atoms with Crippen LogP contribution in [0.15, 0.2) is 59.3 Å². The van der Waals surface area contributed by atoms with Crippen molar-refractivity contribution in [2.24, 2.45) is 0 Å². The van der Waals surface area contributed by atoms with Crippen LogP contribution in [-0.2, 0) is 6.42 Å². The summed E-state index contributed by atoms with van der Waals surface area (Å²) in [5.74, 6) is 0. The third-order valence-corrected chi connectivity index (χ3v) is 3.24. The van der Waals surface area contributed by atoms with Crippen LogP contribution in [0.1, 0.15) is 11.3 Å². The highest BCUT2D eigenvalue weighted by Gasteiger charge is 2.04. The van der Waals surface area contributed by atoms with Crippen LogP contribution in [0.5, 0.6) is 0 Å². The maximum atomic E-state index is 4.40. The lowest BCUT2D eigenvalue weighted by molar-refractivity contribution is 1.02. The van der Waals surface area contributed by atoms with E-state index in [9.17, 15) is 0 Å². The molecule has 3 heteroatoms. The van der Waals surface area contributed by atoms with Gasteiger partial charge in [-0.15, -0.1) is 0 Å². The van der Waals surface area contributed by atoms with Crippen LogP contribution >= 0.6 is 15.9 Å². The molecule has 3 rings (SSSR count). The van der Waals surface area contributed by atoms with E-state index < -0.39 is 0 Å². The average Bonchev–Trinajstić information content (AvgIpc) is 2.73. The SMILES string of the molecule is Brc1ccc2ncc(Cc3ccccc3)n2c1. The number of hydrogen-bond donors (Lipinski definition) is 0. The van der Waals surface area contributed by atoms with Crippen molar-refractivity contribution in [2.45, 2.75) is 6.42 Å². The van der Waals surface area contributed by atoms with Gasteiger partial charge in [-0.3, -0.25) is 0 Å². The predicted octanol–water partition coefficient (Wildman–Crippen LogP) is 3.69. The molecule has 2 nitrogen and oxygen atoms in total. The molecule has 0 aliphatic carbocycles. The second-order valence-corrected chi connectivity index (χ2v) is 4.90. The highest BCUT2D eigenvalue weighted by molar-refractivity contribution is 9.10. The Morgan fingerprint density at radius 2 is 1.88 bits per heavy atom. The molecule has 2 aromatic heterocycles. The summed E-state index contributed by atoms with van der Waals surface area (Å²) >= 11 is 3.49. The van der Waals surface area contributed by atoms with Crippen molar-refractivity contribution in [3.05, 3.63) is 70.6 Å². The summed E-state index contributed by atoms with van der Waals surface area (Å²) in [5.41, 5.74) is 3.49. The largest absolute Gasteiger partial charge is 0.303 e. The third-order valence-electron chi connectivity index (χ3n) is 2.77. The zero-order chi connectivity index (χ0) is 11.7. The van der Waals surface area contributed by atoms with Gasteiger partial charge in [-0.1, -0.05) is 30.3 Å². The zero-order valence-electron chi connectivity index (χ0n) is 9.18. The number of benzene rings is 1. The summed E-state index contributed by atoms with van der Waals surface area (Å²) < 4.78 is 3.19. The van der Waals surface area contributed by atoms with Gasteiger partial charge < -0.3 is 4.40 Å². The van der Waals surface area contributed by atoms with E-state index >= 15 is 0 Å². The van der Waals surface area contributed by atoms with Crippen molar-refractivity contribution in [2.75, 3.05) is 0 Å². The molecule has 0 spiro atoms. The molecule has 0 amide bonds. The summed E-state index contributed by atoms with van der Waals surface area (Å²) in [6.07, 6.45) is 4.90. The van der Waals surface area contributed by atoms with E-state index in [1.165, 1.54) is 11.3 Å². The normalized spacial score (nSPS) is 10.9. The maximum absolute atomic E-state index is 4.40. The van der Waals surface area contributed by atoms with Gasteiger partial charge in [0.25, 0.3) is 0 Å². The Labute approximate surface area is 108 Å². The summed E-state index contributed by atoms with van der Waals surface area (Å²) in [6, 6.07) is 14.5. The van der Waals surface area contributed by atoms with E-state index in [4.69, 9.17) is 0 Å². The van der Waals surface area contributed by atoms with E-state index in [2.05, 4.69) is 55.8 Å². The van der Waals surface area contributed by atoms with Crippen molar-refractivity contribution >= 4 is 21.6 Å². The van der Waals surface area contributed by atoms with E-state index in [-0.39, 0.29) is 0 Å². The standard InChI is InChI=1S/C14H11BrN2/c15-12-6-7-14-16-9-13(17(14)10-12)8-11-4-2-1-3-5-11/h1-7,9-10H,8H2. The van der Waals surface area contributed by atoms with Gasteiger partial charge in [-0.05, 0) is 33.6 Å². The first-order valence-corrected chi connectivity index (χ1v) is 6.28. The first kappa shape index (κ1) is 10.5. The van der Waals surface area contributed by atoms with Crippen LogP contribution in [0.25, 0.3) is 5.65 Å². The molecular weight excluding hydrogens is 276 g/mol. The Balaban J connectivity index is 2.03. The lowest BCUT2D eigenvalue weighted by atomic mass is 10.1. The number of fused-ring (bicyclic) bond motifs is 1. The Morgan fingerprint density at radius 1 is 1.06 bits per heavy atom. The second-order valence-electron chi connectivity index (χ2n) is 3.99. The van der Waals surface area contributed by atoms with Gasteiger partial charge in [0.05, 0.1) is 0 Å². The van der Waals surface area contributed by atoms with Gasteiger partial charge in [-0.2, -0.15) is 0 Å². The molecule has 1 aromatic carbocycles. The summed E-state index contributed by atoms with van der Waals surface area (Å²) in [7, 11) is 0. The second kappa shape index (κ2) is 4.34. The molecule has 3 aromatic rings. The van der Waals surface area contributed by atoms with Gasteiger partial charge in [-0.25, -0.2) is 4.98 Å². The van der Waals surface area contributed by atoms with E-state index in [1.54, 1.807) is 0 Å². The third kappa shape index (κ3) is 2.11. The van der Waals surface area contributed by atoms with E-state index in [0.29, 0.717) is 0 Å². The molecule has 0 aliphatic rings. The number of aromatic nitrogens is 2. The van der Waals surface area contributed by atoms with Crippen molar-refractivity contribution in [3.63, 3.8) is 0 Å². The molecule has 0 bridgehead atoms. The Hall–Kier alpha value is -1.61. The molecular formula is C14H11BrN2. The zero-order valence-corrected chi connectivity index (χ0v) is 10.8. The molecule has 0 saturated carbocycles. The van der Waals surface area contributed by atoms with E-state index in [0.717, 1.165) is 16.5 Å². The predicted molar refractivity (Wildman–Crippen MR) is 72.1 cm³/mol. The maximum Gasteiger partial charge on any atom is 0.136 e. The molecule has 0 fully saturated rings. The first-order valence-electron chi connectivity index (χ1n) is 5.48. The number of hydrogen-bond acceptors (Lipinski definition) is 1. The molecule has 17 heavy (non-hydrogen) atoms. The number of imidazole rings is 1. The number of halogens is 1. The number of nitrogens with zero attached hydrogens (tertiary/aromatic N) is 2. The van der Waals surface area contributed by atoms with Crippen LogP contribution in [0.3, 0.4) is 0 Å². The molecule has 0 unspecified atom stereocenters. The summed E-state index contributed by atoms with van der Waals surface area (Å²) in [4.78, 5) is 4.40. The fraction of sp³-hybridized carbons (Fsp3) is 0.0714. The van der Waals surface area contributed by atoms with Gasteiger partial charge in [0.2, 0.25) is 0 Å². The lowest BCUT2D eigenvalue weighted by Crippen LogP contribution is -1.94. The van der Waals surface area contributed by atoms with Crippen molar-refractivity contribution < 1.29 is 0 Å². The summed E-state index contributed by atoms with van der Waals surface area (Å²) in [6.45, 7) is 0. The highest BCUT2D eigenvalue weighted by atomic mass is 79.9. The fourth-order valence-electron chi connectivity index (χ4n) is 1.94. The molecule has 84 valence electrons. The van der Waals surface area contributed by atoms with Crippen LogP contribution in [0.4, 0.5) is 0 Å². The van der Waals surface area contributed by atoms with Crippen molar-refractivity contribution in [1.29, 1.82) is 0 Å². The molecule has 0 saturated heterocycles. The smallest absolute Gasteiger partial charge is 0.136 e. The minimum atomic E-state index is 0.901. The average molecular weight is 287 g/mol. The monoisotopic (exact) mass is 286 g/mol. The Kier molecular flexibility index (Phi) is 2.69. The Morgan fingerprint density at radius 3 is 2.71 bits per heavy atom. The lowest BCUT2D eigenvalue weighted by Gasteiger charge is -2.02. The van der Waals surface area contributed by atoms with Gasteiger partial charge in [0, 0.05) is 29.0 Å². The summed E-state index contributed by atoms with van der Waals surface area (Å²) in [5, 5.41) is 0. The first-order chi connectivity index (χ1) is 8.33. The van der Waals surface area contributed by atoms with Gasteiger partial charge >= 0.3 is 0 Å². The number of pyridine rings is 1. The van der Waals surface area contributed by atoms with Gasteiger partial charge in [0.1, 0.15) is 5.65 Å². The fourth-order valence-corrected chi connectivity index (χ4v) is 2.28. The molecule has 2 heterocycles. The minimum Gasteiger partial charge on any atom is -0.303 e. The van der Waals surface area contributed by atoms with Crippen LogP contribution in [0.2, 0.25) is 0 Å². The van der Waals surface area contributed by atoms with Crippen molar-refractivity contribution in [1.82, 2.24) is 9.38 Å². The van der Waals surface area contributed by atoms with E-state index in [1.807, 2.05) is 24.4 Å². The Bertz CT molecular complexity index is 644. The molecule has 0 atom stereocenters. The molecule has 0 radical (unpaired) electrons. The van der Waals surface area contributed by atoms with Crippen molar-refractivity contribution in [3.8, 4) is 0 Å². The topological polar surface area (TPSA) is 17.3 Å².